The number of rotatable bonds is 9. The van der Waals surface area contributed by atoms with Gasteiger partial charge in [0.1, 0.15) is 5.75 Å². The van der Waals surface area contributed by atoms with E-state index in [0.717, 1.165) is 17.7 Å². The summed E-state index contributed by atoms with van der Waals surface area (Å²) in [7, 11) is 3.25. The van der Waals surface area contributed by atoms with Gasteiger partial charge >= 0.3 is 0 Å². The fourth-order valence-corrected chi connectivity index (χ4v) is 2.40. The van der Waals surface area contributed by atoms with Gasteiger partial charge in [-0.05, 0) is 30.5 Å². The van der Waals surface area contributed by atoms with Gasteiger partial charge in [-0.1, -0.05) is 12.1 Å². The molecule has 0 aliphatic heterocycles. The molecule has 0 spiro atoms. The predicted molar refractivity (Wildman–Crippen MR) is 85.9 cm³/mol. The number of amides is 2. The highest BCUT2D eigenvalue weighted by molar-refractivity contribution is 5.92. The van der Waals surface area contributed by atoms with Gasteiger partial charge < -0.3 is 20.1 Å². The molecule has 23 heavy (non-hydrogen) atoms. The first-order valence-corrected chi connectivity index (χ1v) is 7.83. The molecule has 6 nitrogen and oxygen atoms in total. The van der Waals surface area contributed by atoms with Crippen molar-refractivity contribution in [2.24, 2.45) is 11.8 Å². The molecule has 2 rings (SSSR count). The fourth-order valence-electron chi connectivity index (χ4n) is 2.40. The lowest BCUT2D eigenvalue weighted by Gasteiger charge is -2.07. The third-order valence-corrected chi connectivity index (χ3v) is 3.91. The summed E-state index contributed by atoms with van der Waals surface area (Å²) in [5.41, 5.74) is 1.00. The molecule has 2 unspecified atom stereocenters. The van der Waals surface area contributed by atoms with E-state index in [9.17, 15) is 9.59 Å². The lowest BCUT2D eigenvalue weighted by molar-refractivity contribution is -0.127. The number of benzene rings is 1. The number of hydrogen-bond acceptors (Lipinski definition) is 4. The molecule has 126 valence electrons. The van der Waals surface area contributed by atoms with Crippen LogP contribution in [0.4, 0.5) is 0 Å². The minimum absolute atomic E-state index is 0.0364. The Morgan fingerprint density at radius 2 is 1.74 bits per heavy atom. The molecule has 2 atom stereocenters. The molecule has 1 fully saturated rings. The highest BCUT2D eigenvalue weighted by Gasteiger charge is 2.47. The lowest BCUT2D eigenvalue weighted by Crippen LogP contribution is -2.30. The molecule has 0 radical (unpaired) electrons. The van der Waals surface area contributed by atoms with Crippen molar-refractivity contribution in [1.82, 2.24) is 10.6 Å². The largest absolute Gasteiger partial charge is 0.497 e. The Labute approximate surface area is 136 Å². The van der Waals surface area contributed by atoms with Crippen molar-refractivity contribution in [3.8, 4) is 5.75 Å². The quantitative estimate of drug-likeness (QED) is 0.668. The van der Waals surface area contributed by atoms with Crippen LogP contribution in [0.5, 0.6) is 5.75 Å². The Bertz CT molecular complexity index is 530. The second kappa shape index (κ2) is 8.53. The topological polar surface area (TPSA) is 76.7 Å². The first kappa shape index (κ1) is 17.3. The summed E-state index contributed by atoms with van der Waals surface area (Å²) in [6.07, 6.45) is 1.41. The van der Waals surface area contributed by atoms with Crippen LogP contribution in [-0.4, -0.2) is 39.2 Å². The van der Waals surface area contributed by atoms with Gasteiger partial charge in [0.2, 0.25) is 11.8 Å². The molecule has 1 aliphatic carbocycles. The van der Waals surface area contributed by atoms with Gasteiger partial charge in [0.15, 0.2) is 0 Å². The molecule has 2 amide bonds. The number of ether oxygens (including phenoxy) is 2. The second-order valence-corrected chi connectivity index (χ2v) is 5.65. The van der Waals surface area contributed by atoms with Crippen LogP contribution >= 0.6 is 0 Å². The van der Waals surface area contributed by atoms with E-state index in [1.165, 1.54) is 0 Å². The average Bonchev–Trinajstić information content (AvgIpc) is 3.38. The minimum atomic E-state index is -0.198. The fraction of sp³-hybridized carbons (Fsp3) is 0.529. The van der Waals surface area contributed by atoms with Crippen molar-refractivity contribution in [2.75, 3.05) is 27.4 Å². The summed E-state index contributed by atoms with van der Waals surface area (Å²) in [5, 5.41) is 5.72. The van der Waals surface area contributed by atoms with Gasteiger partial charge in [-0.25, -0.2) is 0 Å². The Balaban J connectivity index is 1.67. The monoisotopic (exact) mass is 320 g/mol. The maximum absolute atomic E-state index is 12.1. The molecule has 0 saturated heterocycles. The summed E-state index contributed by atoms with van der Waals surface area (Å²) in [6, 6.07) is 7.53. The first-order valence-electron chi connectivity index (χ1n) is 7.83. The molecule has 6 heteroatoms. The van der Waals surface area contributed by atoms with Gasteiger partial charge in [0.05, 0.1) is 18.9 Å². The van der Waals surface area contributed by atoms with Gasteiger partial charge in [0, 0.05) is 26.8 Å². The zero-order valence-electron chi connectivity index (χ0n) is 13.6. The van der Waals surface area contributed by atoms with E-state index in [-0.39, 0.29) is 23.7 Å². The third-order valence-electron chi connectivity index (χ3n) is 3.91. The van der Waals surface area contributed by atoms with Crippen LogP contribution in [0.25, 0.3) is 0 Å². The minimum Gasteiger partial charge on any atom is -0.497 e. The van der Waals surface area contributed by atoms with Crippen molar-refractivity contribution < 1.29 is 19.1 Å². The predicted octanol–water partition coefficient (Wildman–Crippen LogP) is 1.10. The number of carbonyl (C=O) groups is 2. The Morgan fingerprint density at radius 1 is 1.09 bits per heavy atom. The summed E-state index contributed by atoms with van der Waals surface area (Å²) >= 11 is 0. The second-order valence-electron chi connectivity index (χ2n) is 5.65. The van der Waals surface area contributed by atoms with Crippen LogP contribution in [-0.2, 0) is 20.9 Å². The zero-order valence-corrected chi connectivity index (χ0v) is 13.6. The van der Waals surface area contributed by atoms with E-state index in [1.54, 1.807) is 14.2 Å². The molecule has 0 aromatic heterocycles. The summed E-state index contributed by atoms with van der Waals surface area (Å²) in [6.45, 7) is 1.67. The standard InChI is InChI=1S/C17H24N2O4/c1-22-9-3-8-18-16(20)14-10-15(14)17(21)19-11-12-4-6-13(23-2)7-5-12/h4-7,14-15H,3,8-11H2,1-2H3,(H,18,20)(H,19,21). The third kappa shape index (κ3) is 5.25. The highest BCUT2D eigenvalue weighted by Crippen LogP contribution is 2.38. The van der Waals surface area contributed by atoms with E-state index in [2.05, 4.69) is 10.6 Å². The van der Waals surface area contributed by atoms with Gasteiger partial charge in [-0.2, -0.15) is 0 Å². The summed E-state index contributed by atoms with van der Waals surface area (Å²) < 4.78 is 10.0. The Morgan fingerprint density at radius 3 is 2.35 bits per heavy atom. The van der Waals surface area contributed by atoms with Crippen LogP contribution in [0.15, 0.2) is 24.3 Å². The van der Waals surface area contributed by atoms with E-state index < -0.39 is 0 Å². The lowest BCUT2D eigenvalue weighted by atomic mass is 10.2. The van der Waals surface area contributed by atoms with Crippen molar-refractivity contribution >= 4 is 11.8 Å². The molecular weight excluding hydrogens is 296 g/mol. The molecule has 2 N–H and O–H groups in total. The van der Waals surface area contributed by atoms with Crippen LogP contribution in [0, 0.1) is 11.8 Å². The number of methoxy groups -OCH3 is 2. The number of carbonyl (C=O) groups excluding carboxylic acids is 2. The molecule has 1 aromatic carbocycles. The summed E-state index contributed by atoms with van der Waals surface area (Å²) in [5.74, 6) is 0.306. The smallest absolute Gasteiger partial charge is 0.224 e. The van der Waals surface area contributed by atoms with Crippen molar-refractivity contribution in [1.29, 1.82) is 0 Å². The van der Waals surface area contributed by atoms with Gasteiger partial charge in [-0.15, -0.1) is 0 Å². The maximum Gasteiger partial charge on any atom is 0.224 e. The van der Waals surface area contributed by atoms with Gasteiger partial charge in [-0.3, -0.25) is 9.59 Å². The Hall–Kier alpha value is -2.08. The van der Waals surface area contributed by atoms with Crippen LogP contribution < -0.4 is 15.4 Å². The van der Waals surface area contributed by atoms with E-state index >= 15 is 0 Å². The van der Waals surface area contributed by atoms with E-state index in [4.69, 9.17) is 9.47 Å². The zero-order chi connectivity index (χ0) is 16.7. The van der Waals surface area contributed by atoms with Crippen LogP contribution in [0.1, 0.15) is 18.4 Å². The molecule has 0 bridgehead atoms. The summed E-state index contributed by atoms with van der Waals surface area (Å²) in [4.78, 5) is 23.9. The number of hydrogen-bond donors (Lipinski definition) is 2. The van der Waals surface area contributed by atoms with Crippen molar-refractivity contribution in [3.63, 3.8) is 0 Å². The molecule has 1 aliphatic rings. The normalized spacial score (nSPS) is 19.0. The van der Waals surface area contributed by atoms with Crippen LogP contribution in [0.2, 0.25) is 0 Å². The van der Waals surface area contributed by atoms with Gasteiger partial charge in [0.25, 0.3) is 0 Å². The van der Waals surface area contributed by atoms with E-state index in [1.807, 2.05) is 24.3 Å². The SMILES string of the molecule is COCCCNC(=O)C1CC1C(=O)NCc1ccc(OC)cc1. The number of nitrogens with one attached hydrogen (secondary N) is 2. The average molecular weight is 320 g/mol. The highest BCUT2D eigenvalue weighted by atomic mass is 16.5. The van der Waals surface area contributed by atoms with E-state index in [0.29, 0.717) is 26.1 Å². The molecular formula is C17H24N2O4. The maximum atomic E-state index is 12.1. The van der Waals surface area contributed by atoms with Crippen molar-refractivity contribution in [2.45, 2.75) is 19.4 Å². The van der Waals surface area contributed by atoms with Crippen LogP contribution in [0.3, 0.4) is 0 Å². The molecule has 1 aromatic rings. The molecule has 1 saturated carbocycles. The first-order chi connectivity index (χ1) is 11.2. The van der Waals surface area contributed by atoms with Crippen molar-refractivity contribution in [3.05, 3.63) is 29.8 Å². The Kier molecular flexibility index (Phi) is 6.40. The molecule has 0 heterocycles.